The summed E-state index contributed by atoms with van der Waals surface area (Å²) in [6.45, 7) is 0. The van der Waals surface area contributed by atoms with E-state index in [1.165, 1.54) is 6.42 Å². The van der Waals surface area contributed by atoms with Crippen LogP contribution in [0.5, 0.6) is 0 Å². The third-order valence-electron chi connectivity index (χ3n) is 2.23. The minimum Gasteiger partial charge on any atom is -0.509 e. The Labute approximate surface area is 71.7 Å². The fourth-order valence-corrected chi connectivity index (χ4v) is 1.51. The average molecular weight is 170 g/mol. The molecule has 0 bridgehead atoms. The summed E-state index contributed by atoms with van der Waals surface area (Å²) in [6.07, 6.45) is 3.95. The van der Waals surface area contributed by atoms with Crippen LogP contribution >= 0.6 is 0 Å². The molecule has 0 amide bonds. The van der Waals surface area contributed by atoms with Crippen LogP contribution in [0.25, 0.3) is 0 Å². The molecule has 1 unspecified atom stereocenters. The molecule has 0 radical (unpaired) electrons. The summed E-state index contributed by atoms with van der Waals surface area (Å²) in [5.41, 5.74) is 0.848. The second-order valence-electron chi connectivity index (χ2n) is 3.13. The standard InChI is InChI=1S/C9H14O3/c10-6-8(11)9(12)7-4-2-1-3-5-7/h6,8,11-12H,1-5H2. The van der Waals surface area contributed by atoms with Crippen molar-refractivity contribution in [3.8, 4) is 0 Å². The van der Waals surface area contributed by atoms with Crippen molar-refractivity contribution in [2.75, 3.05) is 0 Å². The lowest BCUT2D eigenvalue weighted by molar-refractivity contribution is -0.114. The lowest BCUT2D eigenvalue weighted by Crippen LogP contribution is -2.14. The number of carbonyl (C=O) groups is 1. The molecule has 3 nitrogen and oxygen atoms in total. The van der Waals surface area contributed by atoms with E-state index in [0.717, 1.165) is 31.3 Å². The van der Waals surface area contributed by atoms with E-state index in [2.05, 4.69) is 0 Å². The summed E-state index contributed by atoms with van der Waals surface area (Å²) >= 11 is 0. The lowest BCUT2D eigenvalue weighted by atomic mass is 9.93. The molecular weight excluding hydrogens is 156 g/mol. The van der Waals surface area contributed by atoms with Crippen LogP contribution in [-0.2, 0) is 4.79 Å². The number of aliphatic hydroxyl groups is 2. The summed E-state index contributed by atoms with van der Waals surface area (Å²) in [7, 11) is 0. The van der Waals surface area contributed by atoms with Crippen LogP contribution in [-0.4, -0.2) is 22.6 Å². The van der Waals surface area contributed by atoms with Gasteiger partial charge in [-0.2, -0.15) is 0 Å². The SMILES string of the molecule is O=CC(O)C(O)=C1CCCCC1. The third kappa shape index (κ3) is 2.08. The highest BCUT2D eigenvalue weighted by Crippen LogP contribution is 2.25. The van der Waals surface area contributed by atoms with Gasteiger partial charge in [0, 0.05) is 0 Å². The van der Waals surface area contributed by atoms with Crippen molar-refractivity contribution in [2.24, 2.45) is 0 Å². The molecule has 0 saturated heterocycles. The molecule has 0 aromatic heterocycles. The molecule has 68 valence electrons. The zero-order valence-corrected chi connectivity index (χ0v) is 6.99. The number of allylic oxidation sites excluding steroid dienone is 1. The van der Waals surface area contributed by atoms with Crippen LogP contribution in [0.2, 0.25) is 0 Å². The minimum absolute atomic E-state index is 0.121. The van der Waals surface area contributed by atoms with E-state index in [1.54, 1.807) is 0 Å². The van der Waals surface area contributed by atoms with Gasteiger partial charge in [0.25, 0.3) is 0 Å². The molecule has 0 aromatic rings. The van der Waals surface area contributed by atoms with E-state index in [1.807, 2.05) is 0 Å². The molecule has 1 aliphatic rings. The molecule has 12 heavy (non-hydrogen) atoms. The normalized spacial score (nSPS) is 20.2. The summed E-state index contributed by atoms with van der Waals surface area (Å²) < 4.78 is 0. The van der Waals surface area contributed by atoms with E-state index < -0.39 is 6.10 Å². The van der Waals surface area contributed by atoms with Gasteiger partial charge in [0.15, 0.2) is 12.4 Å². The maximum atomic E-state index is 10.1. The topological polar surface area (TPSA) is 57.5 Å². The van der Waals surface area contributed by atoms with Crippen LogP contribution < -0.4 is 0 Å². The molecule has 0 aliphatic heterocycles. The molecular formula is C9H14O3. The summed E-state index contributed by atoms with van der Waals surface area (Å²) in [4.78, 5) is 10.1. The molecule has 2 N–H and O–H groups in total. The largest absolute Gasteiger partial charge is 0.509 e. The van der Waals surface area contributed by atoms with Gasteiger partial charge in [-0.1, -0.05) is 6.42 Å². The number of rotatable bonds is 2. The van der Waals surface area contributed by atoms with Crippen molar-refractivity contribution in [1.82, 2.24) is 0 Å². The second kappa shape index (κ2) is 4.26. The van der Waals surface area contributed by atoms with Gasteiger partial charge < -0.3 is 10.2 Å². The zero-order chi connectivity index (χ0) is 8.97. The molecule has 1 rings (SSSR count). The highest BCUT2D eigenvalue weighted by molar-refractivity contribution is 5.60. The van der Waals surface area contributed by atoms with Crippen molar-refractivity contribution in [3.63, 3.8) is 0 Å². The van der Waals surface area contributed by atoms with Gasteiger partial charge in [-0.15, -0.1) is 0 Å². The van der Waals surface area contributed by atoms with Crippen molar-refractivity contribution in [3.05, 3.63) is 11.3 Å². The molecule has 1 aliphatic carbocycles. The Morgan fingerprint density at radius 3 is 2.42 bits per heavy atom. The number of hydrogen-bond acceptors (Lipinski definition) is 3. The maximum absolute atomic E-state index is 10.1. The predicted molar refractivity (Wildman–Crippen MR) is 44.8 cm³/mol. The van der Waals surface area contributed by atoms with Crippen molar-refractivity contribution >= 4 is 6.29 Å². The number of hydrogen-bond donors (Lipinski definition) is 2. The van der Waals surface area contributed by atoms with E-state index >= 15 is 0 Å². The zero-order valence-electron chi connectivity index (χ0n) is 6.99. The molecule has 0 spiro atoms. The average Bonchev–Trinajstić information content (AvgIpc) is 2.17. The highest BCUT2D eigenvalue weighted by Gasteiger charge is 2.15. The van der Waals surface area contributed by atoms with Crippen molar-refractivity contribution in [2.45, 2.75) is 38.2 Å². The van der Waals surface area contributed by atoms with E-state index in [-0.39, 0.29) is 5.76 Å². The predicted octanol–water partition coefficient (Wildman–Crippen LogP) is 1.32. The van der Waals surface area contributed by atoms with Gasteiger partial charge in [0.2, 0.25) is 0 Å². The van der Waals surface area contributed by atoms with Gasteiger partial charge in [-0.05, 0) is 31.3 Å². The molecule has 1 fully saturated rings. The smallest absolute Gasteiger partial charge is 0.166 e. The molecule has 0 aromatic carbocycles. The second-order valence-corrected chi connectivity index (χ2v) is 3.13. The Balaban J connectivity index is 2.65. The Hall–Kier alpha value is -0.830. The van der Waals surface area contributed by atoms with Crippen LogP contribution in [0, 0.1) is 0 Å². The fraction of sp³-hybridized carbons (Fsp3) is 0.667. The van der Waals surface area contributed by atoms with Gasteiger partial charge in [0.1, 0.15) is 5.76 Å². The quantitative estimate of drug-likeness (QED) is 0.485. The fourth-order valence-electron chi connectivity index (χ4n) is 1.51. The molecule has 0 heterocycles. The van der Waals surface area contributed by atoms with Crippen molar-refractivity contribution < 1.29 is 15.0 Å². The summed E-state index contributed by atoms with van der Waals surface area (Å²) in [5, 5.41) is 18.3. The maximum Gasteiger partial charge on any atom is 0.166 e. The van der Waals surface area contributed by atoms with Crippen LogP contribution in [0.3, 0.4) is 0 Å². The monoisotopic (exact) mass is 170 g/mol. The first-order valence-corrected chi connectivity index (χ1v) is 4.30. The number of carbonyl (C=O) groups excluding carboxylic acids is 1. The van der Waals surface area contributed by atoms with Crippen molar-refractivity contribution in [1.29, 1.82) is 0 Å². The van der Waals surface area contributed by atoms with Crippen LogP contribution in [0.1, 0.15) is 32.1 Å². The Bertz CT molecular complexity index is 188. The first kappa shape index (κ1) is 9.26. The summed E-state index contributed by atoms with van der Waals surface area (Å²) in [5.74, 6) is -0.121. The van der Waals surface area contributed by atoms with E-state index in [0.29, 0.717) is 6.29 Å². The molecule has 3 heteroatoms. The van der Waals surface area contributed by atoms with E-state index in [9.17, 15) is 9.90 Å². The number of aldehydes is 1. The first-order valence-electron chi connectivity index (χ1n) is 4.30. The summed E-state index contributed by atoms with van der Waals surface area (Å²) in [6, 6.07) is 0. The Morgan fingerprint density at radius 2 is 1.92 bits per heavy atom. The highest BCUT2D eigenvalue weighted by atomic mass is 16.3. The molecule has 1 atom stereocenters. The van der Waals surface area contributed by atoms with E-state index in [4.69, 9.17) is 5.11 Å². The minimum atomic E-state index is -1.31. The Kier molecular flexibility index (Phi) is 3.29. The van der Waals surface area contributed by atoms with Gasteiger partial charge in [-0.3, -0.25) is 4.79 Å². The van der Waals surface area contributed by atoms with Gasteiger partial charge >= 0.3 is 0 Å². The molecule has 1 saturated carbocycles. The third-order valence-corrected chi connectivity index (χ3v) is 2.23. The van der Waals surface area contributed by atoms with Crippen LogP contribution in [0.15, 0.2) is 11.3 Å². The Morgan fingerprint density at radius 1 is 1.33 bits per heavy atom. The van der Waals surface area contributed by atoms with Crippen LogP contribution in [0.4, 0.5) is 0 Å². The van der Waals surface area contributed by atoms with Gasteiger partial charge in [-0.25, -0.2) is 0 Å². The lowest BCUT2D eigenvalue weighted by Gasteiger charge is -2.16. The van der Waals surface area contributed by atoms with Gasteiger partial charge in [0.05, 0.1) is 0 Å². The number of aliphatic hydroxyl groups excluding tert-OH is 2. The first-order chi connectivity index (χ1) is 5.75.